The van der Waals surface area contributed by atoms with Crippen molar-refractivity contribution >= 4 is 57.3 Å². The number of nitrogens with one attached hydrogen (secondary N) is 1. The molecule has 3 amide bonds. The molecule has 7 nitrogen and oxygen atoms in total. The van der Waals surface area contributed by atoms with Gasteiger partial charge in [-0.3, -0.25) is 24.2 Å². The molecule has 0 radical (unpaired) electrons. The Kier molecular flexibility index (Phi) is 6.49. The quantitative estimate of drug-likeness (QED) is 0.492. The minimum absolute atomic E-state index is 0.0387. The molecule has 3 heterocycles. The van der Waals surface area contributed by atoms with Gasteiger partial charge in [-0.05, 0) is 24.5 Å². The van der Waals surface area contributed by atoms with Crippen LogP contribution in [0.4, 0.5) is 5.69 Å². The molecule has 2 fully saturated rings. The topological polar surface area (TPSA) is 79.0 Å². The maximum absolute atomic E-state index is 13.5. The van der Waals surface area contributed by atoms with Crippen LogP contribution in [0, 0.1) is 0 Å². The number of ether oxygens (including phenoxy) is 1. The second-order valence-corrected chi connectivity index (χ2v) is 9.94. The Hall–Kier alpha value is -3.01. The highest BCUT2D eigenvalue weighted by Gasteiger charge is 2.43. The number of para-hydroxylation sites is 1. The molecule has 3 aliphatic rings. The first-order valence-corrected chi connectivity index (χ1v) is 12.4. The minimum Gasteiger partial charge on any atom is -0.376 e. The van der Waals surface area contributed by atoms with Crippen LogP contribution < -0.4 is 10.2 Å². The molecule has 0 aliphatic carbocycles. The summed E-state index contributed by atoms with van der Waals surface area (Å²) < 4.78 is 6.09. The number of carbonyl (C=O) groups excluding carboxylic acids is 3. The molecule has 0 unspecified atom stereocenters. The zero-order chi connectivity index (χ0) is 23.7. The summed E-state index contributed by atoms with van der Waals surface area (Å²) in [7, 11) is 0. The van der Waals surface area contributed by atoms with Crippen molar-refractivity contribution in [2.75, 3.05) is 24.6 Å². The van der Waals surface area contributed by atoms with Crippen LogP contribution in [0.3, 0.4) is 0 Å². The molecule has 0 saturated carbocycles. The highest BCUT2D eigenvalue weighted by molar-refractivity contribution is 8.26. The van der Waals surface area contributed by atoms with E-state index in [2.05, 4.69) is 5.32 Å². The molecule has 1 atom stereocenters. The minimum atomic E-state index is -0.367. The van der Waals surface area contributed by atoms with Gasteiger partial charge in [-0.25, -0.2) is 0 Å². The van der Waals surface area contributed by atoms with Crippen molar-refractivity contribution in [2.45, 2.75) is 25.5 Å². The van der Waals surface area contributed by atoms with Gasteiger partial charge in [-0.2, -0.15) is 0 Å². The van der Waals surface area contributed by atoms with E-state index in [4.69, 9.17) is 17.0 Å². The van der Waals surface area contributed by atoms with Gasteiger partial charge in [0.15, 0.2) is 0 Å². The fourth-order valence-electron chi connectivity index (χ4n) is 4.35. The lowest BCUT2D eigenvalue weighted by atomic mass is 10.1. The maximum Gasteiger partial charge on any atom is 0.267 e. The first-order valence-electron chi connectivity index (χ1n) is 11.1. The van der Waals surface area contributed by atoms with Crippen LogP contribution in [-0.4, -0.2) is 52.7 Å². The second kappa shape index (κ2) is 9.69. The summed E-state index contributed by atoms with van der Waals surface area (Å²) in [6.07, 6.45) is 1.81. The Labute approximate surface area is 207 Å². The number of fused-ring (bicyclic) bond motifs is 1. The number of nitrogens with zero attached hydrogens (tertiary/aromatic N) is 2. The van der Waals surface area contributed by atoms with E-state index in [1.54, 1.807) is 12.1 Å². The average Bonchev–Trinajstić information content (AvgIpc) is 3.53. The van der Waals surface area contributed by atoms with Gasteiger partial charge in [0.1, 0.15) is 10.9 Å². The largest absolute Gasteiger partial charge is 0.376 e. The maximum atomic E-state index is 13.5. The van der Waals surface area contributed by atoms with Crippen molar-refractivity contribution in [1.82, 2.24) is 10.2 Å². The number of anilines is 1. The van der Waals surface area contributed by atoms with Crippen molar-refractivity contribution in [1.29, 1.82) is 0 Å². The fraction of sp³-hybridized carbons (Fsp3) is 0.280. The first-order chi connectivity index (χ1) is 16.5. The van der Waals surface area contributed by atoms with Crippen molar-refractivity contribution < 1.29 is 19.1 Å². The molecule has 9 heteroatoms. The monoisotopic (exact) mass is 493 g/mol. The normalized spacial score (nSPS) is 22.0. The molecule has 0 aromatic heterocycles. The number of hydrogen-bond acceptors (Lipinski definition) is 6. The molecule has 3 aliphatic heterocycles. The van der Waals surface area contributed by atoms with Crippen molar-refractivity contribution in [3.05, 3.63) is 70.6 Å². The summed E-state index contributed by atoms with van der Waals surface area (Å²) in [6.45, 7) is 1.32. The second-order valence-electron chi connectivity index (χ2n) is 8.29. The summed E-state index contributed by atoms with van der Waals surface area (Å²) in [5, 5.41) is 2.86. The lowest BCUT2D eigenvalue weighted by Crippen LogP contribution is -2.39. The number of carbonyl (C=O) groups is 3. The molecule has 174 valence electrons. The first kappa shape index (κ1) is 22.8. The van der Waals surface area contributed by atoms with Gasteiger partial charge in [0.2, 0.25) is 5.91 Å². The van der Waals surface area contributed by atoms with Crippen LogP contribution in [0.5, 0.6) is 0 Å². The molecule has 0 bridgehead atoms. The molecule has 2 saturated heterocycles. The van der Waals surface area contributed by atoms with Gasteiger partial charge in [-0.15, -0.1) is 0 Å². The predicted molar refractivity (Wildman–Crippen MR) is 135 cm³/mol. The van der Waals surface area contributed by atoms with Gasteiger partial charge in [0, 0.05) is 18.7 Å². The molecular weight excluding hydrogens is 470 g/mol. The third-order valence-electron chi connectivity index (χ3n) is 6.04. The van der Waals surface area contributed by atoms with Gasteiger partial charge >= 0.3 is 0 Å². The standard InChI is InChI=1S/C25H23N3O4S2/c29-20(26-13-16-7-2-1-3-8-16)15-27-19-11-5-4-10-18(19)21(23(27)30)22-24(31)28(25(33)34-22)14-17-9-6-12-32-17/h1-5,7-8,10-11,17H,6,9,12-15H2,(H,26,29)/b22-21-/t17-/m1/s1. The molecule has 2 aromatic rings. The molecule has 34 heavy (non-hydrogen) atoms. The Morgan fingerprint density at radius 3 is 2.59 bits per heavy atom. The van der Waals surface area contributed by atoms with E-state index in [1.807, 2.05) is 42.5 Å². The third kappa shape index (κ3) is 4.38. The van der Waals surface area contributed by atoms with E-state index in [9.17, 15) is 14.4 Å². The van der Waals surface area contributed by atoms with Crippen LogP contribution in [0.2, 0.25) is 0 Å². The predicted octanol–water partition coefficient (Wildman–Crippen LogP) is 3.10. The zero-order valence-electron chi connectivity index (χ0n) is 18.4. The molecule has 1 N–H and O–H groups in total. The number of thioether (sulfide) groups is 1. The van der Waals surface area contributed by atoms with E-state index >= 15 is 0 Å². The molecule has 5 rings (SSSR count). The Bertz CT molecular complexity index is 1190. The fourth-order valence-corrected chi connectivity index (χ4v) is 5.70. The van der Waals surface area contributed by atoms with Crippen LogP contribution in [-0.2, 0) is 25.7 Å². The summed E-state index contributed by atoms with van der Waals surface area (Å²) in [5.74, 6) is -0.924. The van der Waals surface area contributed by atoms with E-state index in [-0.39, 0.29) is 30.4 Å². The van der Waals surface area contributed by atoms with Gasteiger partial charge in [-0.1, -0.05) is 72.5 Å². The number of benzene rings is 2. The molecule has 0 spiro atoms. The number of thiocarbonyl (C=S) groups is 1. The Morgan fingerprint density at radius 1 is 1.06 bits per heavy atom. The van der Waals surface area contributed by atoms with Crippen LogP contribution in [0.15, 0.2) is 59.5 Å². The summed E-state index contributed by atoms with van der Waals surface area (Å²) >= 11 is 6.61. The summed E-state index contributed by atoms with van der Waals surface area (Å²) in [4.78, 5) is 42.7. The van der Waals surface area contributed by atoms with Crippen molar-refractivity contribution in [3.63, 3.8) is 0 Å². The SMILES string of the molecule is O=C(CN1C(=O)/C(=C2\SC(=S)N(C[C@H]3CCCO3)C2=O)c2ccccc21)NCc1ccccc1. The number of amides is 3. The van der Waals surface area contributed by atoms with E-state index in [0.29, 0.717) is 45.7 Å². The van der Waals surface area contributed by atoms with Crippen LogP contribution in [0.25, 0.3) is 5.57 Å². The smallest absolute Gasteiger partial charge is 0.267 e. The third-order valence-corrected chi connectivity index (χ3v) is 7.49. The highest BCUT2D eigenvalue weighted by Crippen LogP contribution is 2.44. The Balaban J connectivity index is 1.37. The van der Waals surface area contributed by atoms with E-state index in [1.165, 1.54) is 9.80 Å². The van der Waals surface area contributed by atoms with Gasteiger partial charge in [0.25, 0.3) is 11.8 Å². The molecule has 2 aromatic carbocycles. The van der Waals surface area contributed by atoms with Gasteiger partial charge in [0.05, 0.1) is 28.8 Å². The van der Waals surface area contributed by atoms with Crippen LogP contribution in [0.1, 0.15) is 24.0 Å². The number of hydrogen-bond donors (Lipinski definition) is 1. The van der Waals surface area contributed by atoms with Crippen LogP contribution >= 0.6 is 24.0 Å². The zero-order valence-corrected chi connectivity index (χ0v) is 20.0. The molecular formula is C25H23N3O4S2. The number of rotatable bonds is 6. The van der Waals surface area contributed by atoms with Gasteiger partial charge < -0.3 is 10.1 Å². The Morgan fingerprint density at radius 2 is 1.82 bits per heavy atom. The summed E-state index contributed by atoms with van der Waals surface area (Å²) in [5.41, 5.74) is 2.53. The summed E-state index contributed by atoms with van der Waals surface area (Å²) in [6, 6.07) is 16.8. The lowest BCUT2D eigenvalue weighted by molar-refractivity contribution is -0.123. The average molecular weight is 494 g/mol. The van der Waals surface area contributed by atoms with Crippen molar-refractivity contribution in [2.24, 2.45) is 0 Å². The van der Waals surface area contributed by atoms with E-state index < -0.39 is 0 Å². The highest BCUT2D eigenvalue weighted by atomic mass is 32.2. The van der Waals surface area contributed by atoms with Crippen molar-refractivity contribution in [3.8, 4) is 0 Å². The lowest BCUT2D eigenvalue weighted by Gasteiger charge is -2.18. The van der Waals surface area contributed by atoms with E-state index in [0.717, 1.165) is 30.2 Å².